The summed E-state index contributed by atoms with van der Waals surface area (Å²) in [5, 5.41) is 10.1. The van der Waals surface area contributed by atoms with Gasteiger partial charge in [-0.2, -0.15) is 0 Å². The van der Waals surface area contributed by atoms with Crippen molar-refractivity contribution in [1.82, 2.24) is 4.90 Å². The minimum Gasteiger partial charge on any atom is -0.393 e. The molecule has 0 spiro atoms. The summed E-state index contributed by atoms with van der Waals surface area (Å²) in [5.41, 5.74) is 0.487. The van der Waals surface area contributed by atoms with Gasteiger partial charge in [0.15, 0.2) is 0 Å². The molecule has 3 nitrogen and oxygen atoms in total. The predicted molar refractivity (Wildman–Crippen MR) is 82.4 cm³/mol. The molecule has 1 rings (SSSR count). The van der Waals surface area contributed by atoms with Gasteiger partial charge in [-0.3, -0.25) is 4.79 Å². The molecule has 0 aliphatic rings. The highest BCUT2D eigenvalue weighted by Crippen LogP contribution is 2.27. The number of benzene rings is 1. The average molecular weight is 402 g/mol. The number of aliphatic hydroxyl groups excluding tert-OH is 1. The van der Waals surface area contributed by atoms with Crippen LogP contribution in [0.4, 0.5) is 0 Å². The maximum Gasteiger partial charge on any atom is 0.254 e. The molecule has 0 saturated heterocycles. The molecular formula is C12H14Cl2INO2. The van der Waals surface area contributed by atoms with Crippen molar-refractivity contribution in [3.8, 4) is 0 Å². The summed E-state index contributed by atoms with van der Waals surface area (Å²) < 4.78 is 0.688. The Morgan fingerprint density at radius 2 is 2.11 bits per heavy atom. The van der Waals surface area contributed by atoms with Gasteiger partial charge >= 0.3 is 0 Å². The van der Waals surface area contributed by atoms with Crippen molar-refractivity contribution in [1.29, 1.82) is 0 Å². The van der Waals surface area contributed by atoms with Crippen LogP contribution in [0.15, 0.2) is 12.1 Å². The number of hydrogen-bond donors (Lipinski definition) is 1. The maximum atomic E-state index is 12.2. The Morgan fingerprint density at radius 3 is 2.67 bits per heavy atom. The number of nitrogens with zero attached hydrogens (tertiary/aromatic N) is 1. The number of carbonyl (C=O) groups excluding carboxylic acids is 1. The molecule has 0 heterocycles. The minimum atomic E-state index is -0.428. The van der Waals surface area contributed by atoms with Crippen LogP contribution in [0.5, 0.6) is 0 Å². The summed E-state index contributed by atoms with van der Waals surface area (Å²) in [7, 11) is 1.69. The van der Waals surface area contributed by atoms with E-state index in [1.807, 2.05) is 22.6 Å². The Morgan fingerprint density at radius 1 is 1.50 bits per heavy atom. The third kappa shape index (κ3) is 4.26. The van der Waals surface area contributed by atoms with Crippen LogP contribution >= 0.6 is 45.8 Å². The van der Waals surface area contributed by atoms with E-state index in [1.165, 1.54) is 0 Å². The fourth-order valence-electron chi connectivity index (χ4n) is 1.40. The van der Waals surface area contributed by atoms with E-state index in [-0.39, 0.29) is 5.91 Å². The predicted octanol–water partition coefficient (Wildman–Crippen LogP) is 3.44. The lowest BCUT2D eigenvalue weighted by molar-refractivity contribution is 0.0768. The molecule has 1 aromatic rings. The van der Waals surface area contributed by atoms with Gasteiger partial charge < -0.3 is 10.0 Å². The van der Waals surface area contributed by atoms with Crippen LogP contribution in [-0.4, -0.2) is 35.6 Å². The smallest absolute Gasteiger partial charge is 0.254 e. The first kappa shape index (κ1) is 16.0. The monoisotopic (exact) mass is 401 g/mol. The second-order valence-corrected chi connectivity index (χ2v) is 6.04. The second-order valence-electron chi connectivity index (χ2n) is 4.11. The van der Waals surface area contributed by atoms with E-state index in [0.717, 1.165) is 0 Å². The molecule has 0 saturated carbocycles. The normalized spacial score (nSPS) is 12.3. The molecule has 1 unspecified atom stereocenters. The first-order chi connectivity index (χ1) is 8.32. The van der Waals surface area contributed by atoms with Crippen molar-refractivity contribution in [3.05, 3.63) is 31.3 Å². The number of carbonyl (C=O) groups is 1. The van der Waals surface area contributed by atoms with Gasteiger partial charge in [-0.25, -0.2) is 0 Å². The van der Waals surface area contributed by atoms with Crippen LogP contribution in [0.3, 0.4) is 0 Å². The zero-order valence-electron chi connectivity index (χ0n) is 10.1. The molecule has 0 fully saturated rings. The topological polar surface area (TPSA) is 40.5 Å². The molecule has 100 valence electrons. The number of halogens is 3. The summed E-state index contributed by atoms with van der Waals surface area (Å²) >= 11 is 13.9. The lowest BCUT2D eigenvalue weighted by atomic mass is 10.2. The van der Waals surface area contributed by atoms with Crippen LogP contribution in [0.1, 0.15) is 23.7 Å². The third-order valence-corrected chi connectivity index (χ3v) is 4.45. The highest BCUT2D eigenvalue weighted by Gasteiger charge is 2.17. The van der Waals surface area contributed by atoms with Crippen LogP contribution in [0.25, 0.3) is 0 Å². The average Bonchev–Trinajstić information content (AvgIpc) is 2.29. The molecule has 0 aliphatic heterocycles. The molecule has 1 N–H and O–H groups in total. The van der Waals surface area contributed by atoms with Crippen molar-refractivity contribution in [2.75, 3.05) is 13.6 Å². The SMILES string of the molecule is CC(O)CCN(C)C(=O)c1cc(Cl)cc(Cl)c1I. The van der Waals surface area contributed by atoms with E-state index in [0.29, 0.717) is 32.1 Å². The van der Waals surface area contributed by atoms with Gasteiger partial charge in [0.2, 0.25) is 0 Å². The van der Waals surface area contributed by atoms with Crippen LogP contribution < -0.4 is 0 Å². The van der Waals surface area contributed by atoms with Gasteiger partial charge in [0.25, 0.3) is 5.91 Å². The van der Waals surface area contributed by atoms with Crippen molar-refractivity contribution < 1.29 is 9.90 Å². The number of aliphatic hydroxyl groups is 1. The van der Waals surface area contributed by atoms with Crippen LogP contribution in [0.2, 0.25) is 10.0 Å². The number of hydrogen-bond acceptors (Lipinski definition) is 2. The molecule has 0 bridgehead atoms. The maximum absolute atomic E-state index is 12.2. The summed E-state index contributed by atoms with van der Waals surface area (Å²) in [6, 6.07) is 3.22. The van der Waals surface area contributed by atoms with E-state index in [9.17, 15) is 9.90 Å². The van der Waals surface area contributed by atoms with Gasteiger partial charge in [-0.05, 0) is 48.1 Å². The molecule has 0 aromatic heterocycles. The van der Waals surface area contributed by atoms with Gasteiger partial charge in [0.05, 0.1) is 16.7 Å². The third-order valence-electron chi connectivity index (χ3n) is 2.45. The van der Waals surface area contributed by atoms with Crippen molar-refractivity contribution in [2.45, 2.75) is 19.4 Å². The zero-order chi connectivity index (χ0) is 13.9. The quantitative estimate of drug-likeness (QED) is 0.620. The Hall–Kier alpha value is -0.0400. The standard InChI is InChI=1S/C12H14Cl2INO2/c1-7(17)3-4-16(2)12(18)9-5-8(13)6-10(14)11(9)15/h5-7,17H,3-4H2,1-2H3. The largest absolute Gasteiger partial charge is 0.393 e. The number of rotatable bonds is 4. The molecule has 1 aromatic carbocycles. The molecule has 0 aliphatic carbocycles. The first-order valence-corrected chi connectivity index (χ1v) is 7.24. The van der Waals surface area contributed by atoms with E-state index >= 15 is 0 Å². The Balaban J connectivity index is 2.90. The molecule has 1 amide bonds. The van der Waals surface area contributed by atoms with Gasteiger partial charge in [0, 0.05) is 22.2 Å². The minimum absolute atomic E-state index is 0.149. The van der Waals surface area contributed by atoms with Crippen LogP contribution in [0, 0.1) is 3.57 Å². The fourth-order valence-corrected chi connectivity index (χ4v) is 2.43. The fraction of sp³-hybridized carbons (Fsp3) is 0.417. The number of amides is 1. The summed E-state index contributed by atoms with van der Waals surface area (Å²) in [6.07, 6.45) is 0.106. The van der Waals surface area contributed by atoms with E-state index in [4.69, 9.17) is 23.2 Å². The molecule has 18 heavy (non-hydrogen) atoms. The molecule has 0 radical (unpaired) electrons. The zero-order valence-corrected chi connectivity index (χ0v) is 13.8. The van der Waals surface area contributed by atoms with Crippen molar-refractivity contribution in [2.24, 2.45) is 0 Å². The van der Waals surface area contributed by atoms with E-state index in [2.05, 4.69) is 0 Å². The van der Waals surface area contributed by atoms with E-state index < -0.39 is 6.10 Å². The summed E-state index contributed by atoms with van der Waals surface area (Å²) in [6.45, 7) is 2.18. The summed E-state index contributed by atoms with van der Waals surface area (Å²) in [4.78, 5) is 13.8. The second kappa shape index (κ2) is 6.93. The van der Waals surface area contributed by atoms with E-state index in [1.54, 1.807) is 31.0 Å². The highest BCUT2D eigenvalue weighted by molar-refractivity contribution is 14.1. The lowest BCUT2D eigenvalue weighted by Crippen LogP contribution is -2.30. The lowest BCUT2D eigenvalue weighted by Gasteiger charge is -2.19. The first-order valence-electron chi connectivity index (χ1n) is 5.41. The molecular weight excluding hydrogens is 388 g/mol. The van der Waals surface area contributed by atoms with Gasteiger partial charge in [0.1, 0.15) is 0 Å². The Kier molecular flexibility index (Phi) is 6.17. The summed E-state index contributed by atoms with van der Waals surface area (Å²) in [5.74, 6) is -0.149. The van der Waals surface area contributed by atoms with Crippen molar-refractivity contribution >= 4 is 51.7 Å². The molecule has 6 heteroatoms. The van der Waals surface area contributed by atoms with Crippen LogP contribution in [-0.2, 0) is 0 Å². The highest BCUT2D eigenvalue weighted by atomic mass is 127. The Bertz CT molecular complexity index is 452. The Labute approximate surface area is 130 Å². The van der Waals surface area contributed by atoms with Gasteiger partial charge in [-0.15, -0.1) is 0 Å². The van der Waals surface area contributed by atoms with Gasteiger partial charge in [-0.1, -0.05) is 23.2 Å². The molecule has 1 atom stereocenters. The van der Waals surface area contributed by atoms with Crippen molar-refractivity contribution in [3.63, 3.8) is 0 Å².